The molecule has 4 aromatic rings. The number of nitrogens with two attached hydrogens (primary N) is 3. The molecule has 4 rings (SSSR count). The summed E-state index contributed by atoms with van der Waals surface area (Å²) in [4.78, 5) is 45.6. The minimum atomic E-state index is -5.01. The van der Waals surface area contributed by atoms with Crippen LogP contribution in [0.3, 0.4) is 0 Å². The van der Waals surface area contributed by atoms with Crippen LogP contribution >= 0.6 is 0 Å². The Bertz CT molecular complexity index is 2680. The molecule has 99 heavy (non-hydrogen) atoms. The van der Waals surface area contributed by atoms with Crippen LogP contribution in [0.5, 0.6) is 5.75 Å². The number of carbonyl (C=O) groups excluding carboxylic acids is 4. The van der Waals surface area contributed by atoms with Crippen LogP contribution in [0.4, 0.5) is 105 Å². The van der Waals surface area contributed by atoms with Crippen molar-refractivity contribution >= 4 is 24.2 Å². The molecule has 0 aliphatic carbocycles. The molecular weight excluding hydrogens is 1440 g/mol. The molecule has 0 aliphatic heterocycles. The number of amides is 3. The number of halogens is 26. The molecule has 0 aliphatic rings. The number of nitrogens with one attached hydrogen (secondary N) is 3. The van der Waals surface area contributed by atoms with Gasteiger partial charge in [0, 0.05) is 48.7 Å². The molecule has 0 aromatic heterocycles. The van der Waals surface area contributed by atoms with Gasteiger partial charge in [-0.2, -0.15) is 105 Å². The molecule has 0 saturated carbocycles. The SMILES string of the molecule is CCCC[C@@H](C)CN.CCCC[C@@H](C)CNC(=O)c1cc(C(F)(F)F)cc(C(F)(F)F)c1.NCCC[C@@H](N)CNC(=O)c1cc(C(F)(F)F)cc(C(F)(F)F)c1.O=COc1cc(C(F)(F)F)cc(C(F)(F)F)c1.[Cl-].[Cl-].[NH3+]CCC[C@@H]([NH3+])CNC(=O)c1cc(C(F)(F)F)cc(C(F)(F)F)c1. The van der Waals surface area contributed by atoms with Crippen molar-refractivity contribution in [1.82, 2.24) is 16.0 Å². The first-order chi connectivity index (χ1) is 44.3. The number of hydrogen-bond donors (Lipinski definition) is 8. The van der Waals surface area contributed by atoms with Gasteiger partial charge < -0.3 is 74.2 Å². The van der Waals surface area contributed by atoms with Crippen molar-refractivity contribution in [2.75, 3.05) is 39.3 Å². The highest BCUT2D eigenvalue weighted by atomic mass is 35.5. The molecule has 0 unspecified atom stereocenters. The second kappa shape index (κ2) is 43.3. The first-order valence-electron chi connectivity index (χ1n) is 29.2. The largest absolute Gasteiger partial charge is 1.00 e. The third kappa shape index (κ3) is 38.7. The van der Waals surface area contributed by atoms with Crippen molar-refractivity contribution in [2.45, 2.75) is 153 Å². The Labute approximate surface area is 565 Å². The van der Waals surface area contributed by atoms with Gasteiger partial charge in [0.15, 0.2) is 0 Å². The molecule has 0 saturated heterocycles. The molecule has 4 atom stereocenters. The zero-order valence-electron chi connectivity index (χ0n) is 53.1. The van der Waals surface area contributed by atoms with Gasteiger partial charge in [0.25, 0.3) is 24.2 Å². The lowest BCUT2D eigenvalue weighted by Crippen LogP contribution is -3.00. The van der Waals surface area contributed by atoms with Gasteiger partial charge in [0.05, 0.1) is 57.6 Å². The highest BCUT2D eigenvalue weighted by Gasteiger charge is 2.41. The van der Waals surface area contributed by atoms with Crippen LogP contribution < -0.4 is 74.2 Å². The number of benzene rings is 4. The average molecular weight is 1520 g/mol. The molecule has 0 radical (unpaired) electrons. The maximum absolute atomic E-state index is 12.8. The quantitative estimate of drug-likeness (QED) is 0.0252. The van der Waals surface area contributed by atoms with E-state index in [0.717, 1.165) is 38.1 Å². The van der Waals surface area contributed by atoms with Crippen molar-refractivity contribution in [2.24, 2.45) is 29.0 Å². The van der Waals surface area contributed by atoms with Crippen LogP contribution in [-0.4, -0.2) is 75.5 Å². The van der Waals surface area contributed by atoms with Crippen LogP contribution in [0, 0.1) is 11.8 Å². The third-order valence-corrected chi connectivity index (χ3v) is 13.1. The normalized spacial score (nSPS) is 13.2. The lowest BCUT2D eigenvalue weighted by Gasteiger charge is -2.15. The van der Waals surface area contributed by atoms with E-state index < -0.39 is 140 Å². The maximum Gasteiger partial charge on any atom is 0.416 e. The molecule has 13 nitrogen and oxygen atoms in total. The van der Waals surface area contributed by atoms with Gasteiger partial charge in [-0.15, -0.1) is 0 Å². The van der Waals surface area contributed by atoms with Gasteiger partial charge in [-0.1, -0.05) is 53.4 Å². The van der Waals surface area contributed by atoms with E-state index in [1.54, 1.807) is 0 Å². The lowest BCUT2D eigenvalue weighted by molar-refractivity contribution is -0.423. The predicted molar refractivity (Wildman–Crippen MR) is 306 cm³/mol. The van der Waals surface area contributed by atoms with Crippen LogP contribution in [0.2, 0.25) is 0 Å². The molecule has 15 N–H and O–H groups in total. The summed E-state index contributed by atoms with van der Waals surface area (Å²) >= 11 is 0. The Kier molecular flexibility index (Phi) is 42.3. The summed E-state index contributed by atoms with van der Waals surface area (Å²) in [6, 6.07) is 2.21. The summed E-state index contributed by atoms with van der Waals surface area (Å²) in [5.74, 6) is -3.02. The van der Waals surface area contributed by atoms with E-state index in [1.165, 1.54) is 19.3 Å². The van der Waals surface area contributed by atoms with Crippen LogP contribution in [0.25, 0.3) is 0 Å². The molecule has 3 amide bonds. The van der Waals surface area contributed by atoms with E-state index in [-0.39, 0.29) is 87.1 Å². The van der Waals surface area contributed by atoms with Gasteiger partial charge in [-0.05, 0) is 123 Å². The third-order valence-electron chi connectivity index (χ3n) is 13.1. The molecule has 568 valence electrons. The number of carbonyl (C=O) groups is 4. The van der Waals surface area contributed by atoms with E-state index in [9.17, 15) is 125 Å². The lowest BCUT2D eigenvalue weighted by atomic mass is 10.0. The Morgan fingerprint density at radius 3 is 0.980 bits per heavy atom. The Balaban J connectivity index is -0.00000119. The second-order valence-corrected chi connectivity index (χ2v) is 21.8. The molecule has 0 fully saturated rings. The Morgan fingerprint density at radius 1 is 0.434 bits per heavy atom. The first kappa shape index (κ1) is 96.6. The summed E-state index contributed by atoms with van der Waals surface area (Å²) in [5, 5.41) is 6.93. The summed E-state index contributed by atoms with van der Waals surface area (Å²) in [6.07, 6.45) is -30.8. The first-order valence-corrected chi connectivity index (χ1v) is 29.2. The fourth-order valence-corrected chi connectivity index (χ4v) is 7.68. The van der Waals surface area contributed by atoms with Gasteiger partial charge in [-0.25, -0.2) is 0 Å². The minimum absolute atomic E-state index is 0. The molecule has 0 heterocycles. The van der Waals surface area contributed by atoms with E-state index in [0.29, 0.717) is 80.9 Å². The van der Waals surface area contributed by atoms with Crippen molar-refractivity contribution in [3.8, 4) is 5.75 Å². The molecule has 0 bridgehead atoms. The smallest absolute Gasteiger partial charge is 0.416 e. The zero-order valence-corrected chi connectivity index (χ0v) is 54.7. The highest BCUT2D eigenvalue weighted by molar-refractivity contribution is 5.95. The summed E-state index contributed by atoms with van der Waals surface area (Å²) in [7, 11) is 0. The number of quaternary nitrogens is 2. The number of alkyl halides is 24. The van der Waals surface area contributed by atoms with Crippen LogP contribution in [0.1, 0.15) is 167 Å². The van der Waals surface area contributed by atoms with Gasteiger partial charge >= 0.3 is 49.4 Å². The fraction of sp³-hybridized carbons (Fsp3) is 0.533. The topological polar surface area (TPSA) is 247 Å². The standard InChI is InChI=1S/C16H19F6NO.2C14H17F6N3O.C9H4F6O2.C7H17N.2ClH/c1-3-4-5-10(2)9-23-14(24)11-6-12(15(17,18)19)8-13(7-11)16(20,21)22;2*15-13(16,17)9-4-8(5-10(6-9)14(18,19)20)12(24)23-7-11(22)2-1-3-21;10-8(11,12)5-1-6(9(13,14)15)3-7(2-5)17-4-16;1-3-4-5-7(2)6-8;;/h6-8,10H,3-5,9H2,1-2H3,(H,23,24);2*4-6,11H,1-3,7,21-22H2,(H,23,24);1-4H;7H,3-6,8H2,1-2H3;2*1H/t10-;2*11-;;7-;;/m111.1../s1. The van der Waals surface area contributed by atoms with Gasteiger partial charge in [0.1, 0.15) is 11.8 Å². The van der Waals surface area contributed by atoms with Crippen molar-refractivity contribution in [3.63, 3.8) is 0 Å². The summed E-state index contributed by atoms with van der Waals surface area (Å²) < 4.78 is 307. The van der Waals surface area contributed by atoms with Crippen LogP contribution in [0.15, 0.2) is 72.8 Å². The van der Waals surface area contributed by atoms with Crippen molar-refractivity contribution in [3.05, 3.63) is 134 Å². The molecule has 39 heteroatoms. The van der Waals surface area contributed by atoms with Gasteiger partial charge in [0.2, 0.25) is 0 Å². The summed E-state index contributed by atoms with van der Waals surface area (Å²) in [5.41, 5.74) is 9.45. The number of hydrogen-bond acceptors (Lipinski definition) is 8. The summed E-state index contributed by atoms with van der Waals surface area (Å²) in [6.45, 7) is 10.1. The number of rotatable bonds is 24. The average Bonchev–Trinajstić information content (AvgIpc) is 0.827. The van der Waals surface area contributed by atoms with Gasteiger partial charge in [-0.3, -0.25) is 19.2 Å². The molecule has 0 spiro atoms. The van der Waals surface area contributed by atoms with Crippen molar-refractivity contribution < 1.29 is 166 Å². The highest BCUT2D eigenvalue weighted by Crippen LogP contribution is 2.41. The van der Waals surface area contributed by atoms with E-state index in [2.05, 4.69) is 46.0 Å². The van der Waals surface area contributed by atoms with Crippen molar-refractivity contribution in [1.29, 1.82) is 0 Å². The Hall–Kier alpha value is -6.54. The molecular formula is C60H76Cl2F24N8O5. The monoisotopic (exact) mass is 1510 g/mol. The Morgan fingerprint density at radius 2 is 0.717 bits per heavy atom. The van der Waals surface area contributed by atoms with E-state index in [1.807, 2.05) is 13.8 Å². The van der Waals surface area contributed by atoms with Crippen LogP contribution in [-0.2, 0) is 54.2 Å². The maximum atomic E-state index is 12.8. The number of ether oxygens (including phenoxy) is 1. The fourth-order valence-electron chi connectivity index (χ4n) is 7.68. The second-order valence-electron chi connectivity index (χ2n) is 21.8. The van der Waals surface area contributed by atoms with E-state index >= 15 is 0 Å². The predicted octanol–water partition coefficient (Wildman–Crippen LogP) is 7.93. The molecule has 4 aromatic carbocycles. The zero-order chi connectivity index (χ0) is 75.3. The minimum Gasteiger partial charge on any atom is -1.00 e. The number of unbranched alkanes of at least 4 members (excludes halogenated alkanes) is 2. The van der Waals surface area contributed by atoms with E-state index in [4.69, 9.17) is 17.2 Å².